The summed E-state index contributed by atoms with van der Waals surface area (Å²) in [6.45, 7) is 3.49. The topological polar surface area (TPSA) is 91.2 Å². The van der Waals surface area contributed by atoms with Crippen molar-refractivity contribution in [2.24, 2.45) is 0 Å². The first kappa shape index (κ1) is 18.0. The molecule has 28 heavy (non-hydrogen) atoms. The highest BCUT2D eigenvalue weighted by atomic mass is 32.1. The number of hydrogen-bond donors (Lipinski definition) is 2. The summed E-state index contributed by atoms with van der Waals surface area (Å²) in [5, 5.41) is 4.44. The van der Waals surface area contributed by atoms with Crippen LogP contribution in [0.2, 0.25) is 0 Å². The molecule has 0 saturated carbocycles. The van der Waals surface area contributed by atoms with Gasteiger partial charge in [0.25, 0.3) is 5.91 Å². The number of nitrogens with zero attached hydrogens (tertiary/aromatic N) is 2. The average Bonchev–Trinajstić information content (AvgIpc) is 3.39. The lowest BCUT2D eigenvalue weighted by atomic mass is 10.2. The van der Waals surface area contributed by atoms with Crippen molar-refractivity contribution in [2.45, 2.75) is 20.4 Å². The summed E-state index contributed by atoms with van der Waals surface area (Å²) in [7, 11) is 0. The van der Waals surface area contributed by atoms with Crippen molar-refractivity contribution in [1.82, 2.24) is 9.97 Å². The maximum absolute atomic E-state index is 12.8. The lowest BCUT2D eigenvalue weighted by Gasteiger charge is -2.16. The fourth-order valence-electron chi connectivity index (χ4n) is 2.89. The number of aromatic nitrogens is 2. The van der Waals surface area contributed by atoms with E-state index in [1.165, 1.54) is 23.2 Å². The molecule has 0 bridgehead atoms. The van der Waals surface area contributed by atoms with Gasteiger partial charge in [-0.3, -0.25) is 14.5 Å². The second kappa shape index (κ2) is 7.32. The molecule has 0 aliphatic rings. The minimum Gasteiger partial charge on any atom is -0.467 e. The summed E-state index contributed by atoms with van der Waals surface area (Å²) in [5.41, 5.74) is 2.21. The Hall–Kier alpha value is -3.39. The highest BCUT2D eigenvalue weighted by Gasteiger charge is 2.22. The molecular weight excluding hydrogens is 376 g/mol. The third kappa shape index (κ3) is 3.54. The van der Waals surface area contributed by atoms with E-state index < -0.39 is 0 Å². The molecule has 2 amide bonds. The van der Waals surface area contributed by atoms with Crippen molar-refractivity contribution in [1.29, 1.82) is 0 Å². The van der Waals surface area contributed by atoms with Crippen LogP contribution >= 0.6 is 11.3 Å². The molecule has 0 aliphatic carbocycles. The zero-order valence-electron chi connectivity index (χ0n) is 15.4. The molecule has 0 saturated heterocycles. The van der Waals surface area contributed by atoms with Crippen LogP contribution in [0.15, 0.2) is 53.3 Å². The van der Waals surface area contributed by atoms with Crippen molar-refractivity contribution >= 4 is 44.9 Å². The monoisotopic (exact) mass is 394 g/mol. The largest absolute Gasteiger partial charge is 0.467 e. The van der Waals surface area contributed by atoms with Crippen LogP contribution in [0.5, 0.6) is 0 Å². The number of nitrogens with one attached hydrogen (secondary N) is 2. The average molecular weight is 394 g/mol. The molecule has 2 N–H and O–H groups in total. The van der Waals surface area contributed by atoms with Crippen LogP contribution in [0.1, 0.15) is 28.0 Å². The Morgan fingerprint density at radius 1 is 1.29 bits per heavy atom. The van der Waals surface area contributed by atoms with Crippen molar-refractivity contribution in [3.8, 4) is 0 Å². The first-order chi connectivity index (χ1) is 13.5. The van der Waals surface area contributed by atoms with Gasteiger partial charge in [-0.15, -0.1) is 0 Å². The Bertz CT molecular complexity index is 1140. The van der Waals surface area contributed by atoms with Crippen molar-refractivity contribution < 1.29 is 14.0 Å². The number of amides is 2. The predicted octanol–water partition coefficient (Wildman–Crippen LogP) is 4.33. The van der Waals surface area contributed by atoms with E-state index in [1.54, 1.807) is 25.3 Å². The number of thiazole rings is 1. The van der Waals surface area contributed by atoms with Gasteiger partial charge in [0.15, 0.2) is 5.13 Å². The standard InChI is InChI=1S/C20H18N4O3S/c1-12-18(19(26)23-15-6-5-14-7-8-21-17(14)10-15)28-20(22-12)24(13(2)25)11-16-4-3-9-27-16/h3-10,21H,11H2,1-2H3,(H,23,26). The first-order valence-electron chi connectivity index (χ1n) is 8.67. The van der Waals surface area contributed by atoms with Gasteiger partial charge in [0.05, 0.1) is 18.5 Å². The first-order valence-corrected chi connectivity index (χ1v) is 9.49. The summed E-state index contributed by atoms with van der Waals surface area (Å²) in [4.78, 5) is 34.4. The van der Waals surface area contributed by atoms with Crippen LogP contribution in [0.4, 0.5) is 10.8 Å². The van der Waals surface area contributed by atoms with E-state index in [1.807, 2.05) is 30.5 Å². The van der Waals surface area contributed by atoms with E-state index in [0.29, 0.717) is 27.2 Å². The van der Waals surface area contributed by atoms with Gasteiger partial charge < -0.3 is 14.7 Å². The van der Waals surface area contributed by atoms with Gasteiger partial charge in [-0.2, -0.15) is 0 Å². The Morgan fingerprint density at radius 3 is 2.89 bits per heavy atom. The SMILES string of the molecule is CC(=O)N(Cc1ccco1)c1nc(C)c(C(=O)Nc2ccc3cc[nH]c3c2)s1. The normalized spacial score (nSPS) is 10.9. The van der Waals surface area contributed by atoms with E-state index in [2.05, 4.69) is 15.3 Å². The molecule has 0 radical (unpaired) electrons. The smallest absolute Gasteiger partial charge is 0.267 e. The number of aryl methyl sites for hydroxylation is 1. The zero-order valence-corrected chi connectivity index (χ0v) is 16.2. The molecular formula is C20H18N4O3S. The van der Waals surface area contributed by atoms with Crippen molar-refractivity contribution in [3.05, 3.63) is 65.2 Å². The van der Waals surface area contributed by atoms with Crippen LogP contribution in [0.3, 0.4) is 0 Å². The molecule has 3 heterocycles. The predicted molar refractivity (Wildman–Crippen MR) is 109 cm³/mol. The number of anilines is 2. The molecule has 142 valence electrons. The summed E-state index contributed by atoms with van der Waals surface area (Å²) >= 11 is 1.18. The molecule has 0 fully saturated rings. The van der Waals surface area contributed by atoms with Gasteiger partial charge >= 0.3 is 0 Å². The number of carbonyl (C=O) groups is 2. The molecule has 4 aromatic rings. The number of furan rings is 1. The Morgan fingerprint density at radius 2 is 2.14 bits per heavy atom. The summed E-state index contributed by atoms with van der Waals surface area (Å²) < 4.78 is 5.33. The number of carbonyl (C=O) groups excluding carboxylic acids is 2. The Labute approximate surface area is 165 Å². The van der Waals surface area contributed by atoms with Gasteiger partial charge in [0.1, 0.15) is 10.6 Å². The zero-order chi connectivity index (χ0) is 19.7. The van der Waals surface area contributed by atoms with Crippen LogP contribution in [0, 0.1) is 6.92 Å². The van der Waals surface area contributed by atoms with E-state index in [9.17, 15) is 9.59 Å². The highest BCUT2D eigenvalue weighted by Crippen LogP contribution is 2.29. The van der Waals surface area contributed by atoms with Crippen LogP contribution in [-0.4, -0.2) is 21.8 Å². The molecule has 7 nitrogen and oxygen atoms in total. The summed E-state index contributed by atoms with van der Waals surface area (Å²) in [6.07, 6.45) is 3.41. The number of hydrogen-bond acceptors (Lipinski definition) is 5. The molecule has 0 atom stereocenters. The lowest BCUT2D eigenvalue weighted by molar-refractivity contribution is -0.116. The van der Waals surface area contributed by atoms with Gasteiger partial charge in [-0.05, 0) is 42.6 Å². The van der Waals surface area contributed by atoms with Crippen LogP contribution < -0.4 is 10.2 Å². The second-order valence-corrected chi connectivity index (χ2v) is 7.31. The van der Waals surface area contributed by atoms with E-state index in [-0.39, 0.29) is 18.4 Å². The van der Waals surface area contributed by atoms with Crippen molar-refractivity contribution in [3.63, 3.8) is 0 Å². The number of fused-ring (bicyclic) bond motifs is 1. The molecule has 0 aliphatic heterocycles. The van der Waals surface area contributed by atoms with Gasteiger partial charge in [0.2, 0.25) is 5.91 Å². The highest BCUT2D eigenvalue weighted by molar-refractivity contribution is 7.17. The number of H-pyrrole nitrogens is 1. The molecule has 4 rings (SSSR count). The summed E-state index contributed by atoms with van der Waals surface area (Å²) in [6, 6.07) is 11.2. The third-order valence-electron chi connectivity index (χ3n) is 4.31. The number of rotatable bonds is 5. The maximum Gasteiger partial charge on any atom is 0.267 e. The van der Waals surface area contributed by atoms with Crippen LogP contribution in [-0.2, 0) is 11.3 Å². The van der Waals surface area contributed by atoms with E-state index in [4.69, 9.17) is 4.42 Å². The molecule has 8 heteroatoms. The second-order valence-electron chi connectivity index (χ2n) is 6.33. The fraction of sp³-hybridized carbons (Fsp3) is 0.150. The Kier molecular flexibility index (Phi) is 4.70. The minimum absolute atomic E-state index is 0.172. The summed E-state index contributed by atoms with van der Waals surface area (Å²) in [5.74, 6) is 0.219. The third-order valence-corrected chi connectivity index (χ3v) is 5.49. The van der Waals surface area contributed by atoms with E-state index >= 15 is 0 Å². The molecule has 1 aromatic carbocycles. The van der Waals surface area contributed by atoms with E-state index in [0.717, 1.165) is 10.9 Å². The number of benzene rings is 1. The number of aromatic amines is 1. The molecule has 3 aromatic heterocycles. The van der Waals surface area contributed by atoms with Crippen molar-refractivity contribution in [2.75, 3.05) is 10.2 Å². The molecule has 0 unspecified atom stereocenters. The lowest BCUT2D eigenvalue weighted by Crippen LogP contribution is -2.27. The maximum atomic E-state index is 12.8. The Balaban J connectivity index is 1.56. The minimum atomic E-state index is -0.256. The van der Waals surface area contributed by atoms with Gasteiger partial charge in [-0.25, -0.2) is 4.98 Å². The quantitative estimate of drug-likeness (QED) is 0.527. The van der Waals surface area contributed by atoms with Gasteiger partial charge in [-0.1, -0.05) is 17.4 Å². The van der Waals surface area contributed by atoms with Gasteiger partial charge in [0, 0.05) is 24.3 Å². The molecule has 0 spiro atoms. The van der Waals surface area contributed by atoms with Crippen LogP contribution in [0.25, 0.3) is 10.9 Å². The fourth-order valence-corrected chi connectivity index (χ4v) is 3.90.